The summed E-state index contributed by atoms with van der Waals surface area (Å²) in [7, 11) is -3.79. The van der Waals surface area contributed by atoms with Gasteiger partial charge in [-0.15, -0.1) is 11.8 Å². The molecule has 4 N–H and O–H groups in total. The number of hydrogen-bond donors (Lipinski definition) is 3. The molecule has 1 aliphatic heterocycles. The minimum Gasteiger partial charge on any atom is -0.398 e. The molecule has 0 spiro atoms. The zero-order chi connectivity index (χ0) is 30.5. The monoisotopic (exact) mass is 627 g/mol. The summed E-state index contributed by atoms with van der Waals surface area (Å²) in [6.45, 7) is 0.104. The van der Waals surface area contributed by atoms with Gasteiger partial charge in [0.25, 0.3) is 0 Å². The van der Waals surface area contributed by atoms with Gasteiger partial charge in [-0.05, 0) is 41.0 Å². The van der Waals surface area contributed by atoms with E-state index in [2.05, 4.69) is 9.71 Å². The number of nitrogen functional groups attached to an aromatic ring is 1. The van der Waals surface area contributed by atoms with Gasteiger partial charge in [0.1, 0.15) is 4.90 Å². The number of thioether (sulfide) groups is 1. The quantitative estimate of drug-likeness (QED) is 0.125. The zero-order valence-electron chi connectivity index (χ0n) is 23.9. The topological polar surface area (TPSA) is 124 Å². The maximum atomic E-state index is 13.2. The van der Waals surface area contributed by atoms with Gasteiger partial charge in [0.15, 0.2) is 6.29 Å². The van der Waals surface area contributed by atoms with E-state index >= 15 is 0 Å². The lowest BCUT2D eigenvalue weighted by Gasteiger charge is -2.36. The van der Waals surface area contributed by atoms with E-state index in [1.165, 1.54) is 0 Å². The van der Waals surface area contributed by atoms with E-state index in [1.807, 2.05) is 84.9 Å². The number of anilines is 1. The number of hydrogen-bond acceptors (Lipinski definition) is 8. The van der Waals surface area contributed by atoms with Crippen molar-refractivity contribution >= 4 is 38.4 Å². The SMILES string of the molecule is Nc1ccccc1SCC1CC(c2ccc(CO)cc2)OC(c2ccc(CNS(=O)(=O)c3cccc4cccnc34)cc2)O1. The number of benzene rings is 4. The summed E-state index contributed by atoms with van der Waals surface area (Å²) in [5, 5.41) is 10.2. The summed E-state index contributed by atoms with van der Waals surface area (Å²) in [6, 6.07) is 31.9. The maximum Gasteiger partial charge on any atom is 0.243 e. The Morgan fingerprint density at radius 1 is 0.864 bits per heavy atom. The molecule has 0 radical (unpaired) electrons. The Balaban J connectivity index is 1.17. The number of para-hydroxylation sites is 2. The van der Waals surface area contributed by atoms with Crippen LogP contribution in [0.4, 0.5) is 5.69 Å². The number of nitrogens with two attached hydrogens (primary N) is 1. The molecule has 226 valence electrons. The normalized spacial score (nSPS) is 18.8. The highest BCUT2D eigenvalue weighted by Crippen LogP contribution is 2.40. The van der Waals surface area contributed by atoms with Crippen molar-refractivity contribution in [2.45, 2.75) is 47.9 Å². The fourth-order valence-corrected chi connectivity index (χ4v) is 7.34. The summed E-state index contributed by atoms with van der Waals surface area (Å²) < 4.78 is 41.9. The molecule has 1 fully saturated rings. The average Bonchev–Trinajstić information content (AvgIpc) is 3.07. The molecule has 3 atom stereocenters. The van der Waals surface area contributed by atoms with Crippen molar-refractivity contribution in [2.24, 2.45) is 0 Å². The molecule has 1 aromatic heterocycles. The summed E-state index contributed by atoms with van der Waals surface area (Å²) in [5.41, 5.74) is 10.8. The van der Waals surface area contributed by atoms with Crippen LogP contribution in [0.2, 0.25) is 0 Å². The van der Waals surface area contributed by atoms with Gasteiger partial charge in [-0.1, -0.05) is 78.9 Å². The third-order valence-corrected chi connectivity index (χ3v) is 10.2. The molecule has 1 aliphatic rings. The second kappa shape index (κ2) is 13.5. The lowest BCUT2D eigenvalue weighted by Crippen LogP contribution is -2.31. The molecule has 0 saturated carbocycles. The lowest BCUT2D eigenvalue weighted by atomic mass is 10.0. The van der Waals surface area contributed by atoms with Crippen molar-refractivity contribution in [3.05, 3.63) is 132 Å². The lowest BCUT2D eigenvalue weighted by molar-refractivity contribution is -0.245. The summed E-state index contributed by atoms with van der Waals surface area (Å²) in [5.74, 6) is 0.697. The second-order valence-electron chi connectivity index (χ2n) is 10.6. The molecule has 44 heavy (non-hydrogen) atoms. The van der Waals surface area contributed by atoms with Gasteiger partial charge in [-0.2, -0.15) is 0 Å². The smallest absolute Gasteiger partial charge is 0.243 e. The van der Waals surface area contributed by atoms with Crippen molar-refractivity contribution in [1.82, 2.24) is 9.71 Å². The van der Waals surface area contributed by atoms with E-state index in [0.717, 1.165) is 38.2 Å². The fraction of sp³-hybridized carbons (Fsp3) is 0.206. The van der Waals surface area contributed by atoms with E-state index in [9.17, 15) is 13.5 Å². The first kappa shape index (κ1) is 30.3. The van der Waals surface area contributed by atoms with Gasteiger partial charge in [0, 0.05) is 46.4 Å². The number of pyridine rings is 1. The number of sulfonamides is 1. The molecule has 0 aliphatic carbocycles. The molecule has 1 saturated heterocycles. The Hall–Kier alpha value is -3.77. The summed E-state index contributed by atoms with van der Waals surface area (Å²) in [6.07, 6.45) is 1.32. The fourth-order valence-electron chi connectivity index (χ4n) is 5.16. The molecule has 4 aromatic carbocycles. The molecule has 5 aromatic rings. The predicted molar refractivity (Wildman–Crippen MR) is 172 cm³/mol. The van der Waals surface area contributed by atoms with Gasteiger partial charge in [0.05, 0.1) is 24.3 Å². The van der Waals surface area contributed by atoms with Crippen molar-refractivity contribution < 1.29 is 23.0 Å². The van der Waals surface area contributed by atoms with Gasteiger partial charge < -0.3 is 20.3 Å². The van der Waals surface area contributed by atoms with E-state index in [4.69, 9.17) is 15.2 Å². The molecular formula is C34H33N3O5S2. The zero-order valence-corrected chi connectivity index (χ0v) is 25.5. The number of ether oxygens (including phenoxy) is 2. The van der Waals surface area contributed by atoms with Crippen molar-refractivity contribution in [3.63, 3.8) is 0 Å². The van der Waals surface area contributed by atoms with Crippen LogP contribution in [0.5, 0.6) is 0 Å². The van der Waals surface area contributed by atoms with E-state index in [-0.39, 0.29) is 30.3 Å². The molecule has 2 heterocycles. The number of nitrogens with one attached hydrogen (secondary N) is 1. The van der Waals surface area contributed by atoms with Crippen LogP contribution in [0.1, 0.15) is 41.1 Å². The van der Waals surface area contributed by atoms with Crippen LogP contribution in [-0.4, -0.2) is 30.4 Å². The van der Waals surface area contributed by atoms with Crippen LogP contribution >= 0.6 is 11.8 Å². The number of aromatic nitrogens is 1. The highest BCUT2D eigenvalue weighted by molar-refractivity contribution is 7.99. The van der Waals surface area contributed by atoms with Crippen LogP contribution in [0, 0.1) is 0 Å². The van der Waals surface area contributed by atoms with Crippen LogP contribution in [0.3, 0.4) is 0 Å². The van der Waals surface area contributed by atoms with Crippen molar-refractivity contribution in [1.29, 1.82) is 0 Å². The van der Waals surface area contributed by atoms with Crippen LogP contribution in [0.15, 0.2) is 119 Å². The van der Waals surface area contributed by atoms with Crippen molar-refractivity contribution in [2.75, 3.05) is 11.5 Å². The molecule has 10 heteroatoms. The van der Waals surface area contributed by atoms with Gasteiger partial charge in [0.2, 0.25) is 10.0 Å². The molecule has 6 rings (SSSR count). The highest BCUT2D eigenvalue weighted by Gasteiger charge is 2.32. The predicted octanol–water partition coefficient (Wildman–Crippen LogP) is 6.13. The Labute approximate surface area is 261 Å². The minimum atomic E-state index is -3.79. The number of aliphatic hydroxyl groups excluding tert-OH is 1. The van der Waals surface area contributed by atoms with Crippen LogP contribution < -0.4 is 10.5 Å². The number of rotatable bonds is 10. The third-order valence-electron chi connectivity index (χ3n) is 7.56. The van der Waals surface area contributed by atoms with Crippen LogP contribution in [-0.2, 0) is 32.6 Å². The first-order valence-electron chi connectivity index (χ1n) is 14.3. The second-order valence-corrected chi connectivity index (χ2v) is 13.4. The molecule has 0 amide bonds. The minimum absolute atomic E-state index is 0.0172. The molecule has 3 unspecified atom stereocenters. The maximum absolute atomic E-state index is 13.2. The first-order valence-corrected chi connectivity index (χ1v) is 16.8. The van der Waals surface area contributed by atoms with Crippen LogP contribution in [0.25, 0.3) is 10.9 Å². The average molecular weight is 628 g/mol. The molecule has 0 bridgehead atoms. The Morgan fingerprint density at radius 3 is 2.36 bits per heavy atom. The molecule has 8 nitrogen and oxygen atoms in total. The van der Waals surface area contributed by atoms with E-state index < -0.39 is 16.3 Å². The number of nitrogens with zero attached hydrogens (tertiary/aromatic N) is 1. The summed E-state index contributed by atoms with van der Waals surface area (Å²) in [4.78, 5) is 5.43. The van der Waals surface area contributed by atoms with E-state index in [0.29, 0.717) is 17.7 Å². The number of aliphatic hydroxyl groups is 1. The third kappa shape index (κ3) is 6.96. The molecular weight excluding hydrogens is 595 g/mol. The Bertz CT molecular complexity index is 1830. The Kier molecular flexibility index (Phi) is 9.27. The standard InChI is InChI=1S/C34H33N3O5S2/c35-29-7-1-2-8-31(29)43-22-28-19-30(25-14-12-24(21-38)13-15-25)42-34(41-28)27-16-10-23(11-17-27)20-37-44(39,40)32-9-3-5-26-6-4-18-36-33(26)32/h1-18,28,30,34,37-38H,19-22,35H2. The highest BCUT2D eigenvalue weighted by atomic mass is 32.2. The van der Waals surface area contributed by atoms with Crippen molar-refractivity contribution in [3.8, 4) is 0 Å². The Morgan fingerprint density at radius 2 is 1.59 bits per heavy atom. The largest absolute Gasteiger partial charge is 0.398 e. The van der Waals surface area contributed by atoms with Gasteiger partial charge in [-0.3, -0.25) is 4.98 Å². The number of fused-ring (bicyclic) bond motifs is 1. The van der Waals surface area contributed by atoms with E-state index in [1.54, 1.807) is 36.2 Å². The van der Waals surface area contributed by atoms with Gasteiger partial charge in [-0.25, -0.2) is 13.1 Å². The van der Waals surface area contributed by atoms with Gasteiger partial charge >= 0.3 is 0 Å². The first-order chi connectivity index (χ1) is 21.4. The summed E-state index contributed by atoms with van der Waals surface area (Å²) >= 11 is 1.66.